The Kier molecular flexibility index (Phi) is 4.90. The average molecular weight is 337 g/mol. The molecule has 0 aromatic heterocycles. The number of methoxy groups -OCH3 is 1. The van der Waals surface area contributed by atoms with Gasteiger partial charge in [0.2, 0.25) is 0 Å². The molecular formula is C16H14BrFO2. The lowest BCUT2D eigenvalue weighted by Crippen LogP contribution is -2.08. The van der Waals surface area contributed by atoms with Gasteiger partial charge >= 0.3 is 0 Å². The van der Waals surface area contributed by atoms with Crippen molar-refractivity contribution in [1.29, 1.82) is 0 Å². The number of hydrogen-bond donors (Lipinski definition) is 0. The maximum atomic E-state index is 13.5. The summed E-state index contributed by atoms with van der Waals surface area (Å²) in [6.45, 7) is 0. The second-order valence-corrected chi connectivity index (χ2v) is 5.31. The number of rotatable bonds is 5. The maximum Gasteiger partial charge on any atom is 0.141 e. The van der Waals surface area contributed by atoms with Crippen molar-refractivity contribution < 1.29 is 13.9 Å². The third-order valence-corrected chi connectivity index (χ3v) is 3.58. The number of hydrogen-bond acceptors (Lipinski definition) is 2. The Bertz CT molecular complexity index is 626. The van der Waals surface area contributed by atoms with Gasteiger partial charge in [0.05, 0.1) is 11.6 Å². The highest BCUT2D eigenvalue weighted by atomic mass is 79.9. The molecule has 0 saturated carbocycles. The van der Waals surface area contributed by atoms with Crippen molar-refractivity contribution in [2.24, 2.45) is 0 Å². The molecule has 0 fully saturated rings. The molecule has 104 valence electrons. The Morgan fingerprint density at radius 2 is 1.95 bits per heavy atom. The Labute approximate surface area is 125 Å². The average Bonchev–Trinajstić information content (AvgIpc) is 2.41. The van der Waals surface area contributed by atoms with Crippen LogP contribution in [0.15, 0.2) is 46.9 Å². The summed E-state index contributed by atoms with van der Waals surface area (Å²) in [5, 5.41) is 0. The van der Waals surface area contributed by atoms with Crippen molar-refractivity contribution >= 4 is 21.7 Å². The zero-order valence-corrected chi connectivity index (χ0v) is 12.6. The molecule has 2 aromatic rings. The normalized spacial score (nSPS) is 10.3. The van der Waals surface area contributed by atoms with E-state index in [1.54, 1.807) is 31.4 Å². The van der Waals surface area contributed by atoms with Crippen LogP contribution < -0.4 is 4.74 Å². The van der Waals surface area contributed by atoms with E-state index < -0.39 is 0 Å². The first kappa shape index (κ1) is 14.7. The number of Topliss-reactive ketones (excluding diaryl/α,β-unsaturated/α-hetero) is 1. The van der Waals surface area contributed by atoms with E-state index in [9.17, 15) is 9.18 Å². The first-order chi connectivity index (χ1) is 9.60. The van der Waals surface area contributed by atoms with E-state index in [2.05, 4.69) is 15.9 Å². The SMILES string of the molecule is COc1ccc(CC(=O)Cc2ccccc2F)cc1Br. The van der Waals surface area contributed by atoms with E-state index in [1.807, 2.05) is 12.1 Å². The molecule has 2 nitrogen and oxygen atoms in total. The quantitative estimate of drug-likeness (QED) is 0.826. The van der Waals surface area contributed by atoms with Gasteiger partial charge in [0.1, 0.15) is 17.3 Å². The van der Waals surface area contributed by atoms with Gasteiger partial charge in [-0.1, -0.05) is 24.3 Å². The van der Waals surface area contributed by atoms with E-state index in [4.69, 9.17) is 4.74 Å². The minimum Gasteiger partial charge on any atom is -0.496 e. The van der Waals surface area contributed by atoms with Crippen molar-refractivity contribution in [3.05, 3.63) is 63.9 Å². The van der Waals surface area contributed by atoms with Gasteiger partial charge in [-0.2, -0.15) is 0 Å². The highest BCUT2D eigenvalue weighted by Crippen LogP contribution is 2.25. The number of ether oxygens (including phenoxy) is 1. The largest absolute Gasteiger partial charge is 0.496 e. The first-order valence-corrected chi connectivity index (χ1v) is 6.97. The molecule has 0 unspecified atom stereocenters. The van der Waals surface area contributed by atoms with Gasteiger partial charge in [0.15, 0.2) is 0 Å². The molecule has 0 radical (unpaired) electrons. The topological polar surface area (TPSA) is 26.3 Å². The van der Waals surface area contributed by atoms with Gasteiger partial charge in [-0.3, -0.25) is 4.79 Å². The smallest absolute Gasteiger partial charge is 0.141 e. The number of ketones is 1. The summed E-state index contributed by atoms with van der Waals surface area (Å²) in [4.78, 5) is 12.0. The number of halogens is 2. The van der Waals surface area contributed by atoms with Crippen LogP contribution in [-0.2, 0) is 17.6 Å². The van der Waals surface area contributed by atoms with Crippen LogP contribution in [0.2, 0.25) is 0 Å². The van der Waals surface area contributed by atoms with Crippen molar-refractivity contribution in [3.8, 4) is 5.75 Å². The minimum atomic E-state index is -0.336. The molecule has 0 atom stereocenters. The molecule has 2 rings (SSSR count). The summed E-state index contributed by atoms with van der Waals surface area (Å²) >= 11 is 3.38. The van der Waals surface area contributed by atoms with Crippen LogP contribution in [-0.4, -0.2) is 12.9 Å². The molecule has 0 aliphatic rings. The molecule has 0 spiro atoms. The summed E-state index contributed by atoms with van der Waals surface area (Å²) < 4.78 is 19.4. The zero-order chi connectivity index (χ0) is 14.5. The molecule has 0 aliphatic carbocycles. The molecule has 2 aromatic carbocycles. The summed E-state index contributed by atoms with van der Waals surface area (Å²) in [7, 11) is 1.59. The van der Waals surface area contributed by atoms with E-state index in [-0.39, 0.29) is 24.4 Å². The zero-order valence-electron chi connectivity index (χ0n) is 11.0. The van der Waals surface area contributed by atoms with Crippen LogP contribution in [0.25, 0.3) is 0 Å². The lowest BCUT2D eigenvalue weighted by molar-refractivity contribution is -0.117. The minimum absolute atomic E-state index is 0.0211. The number of benzene rings is 2. The summed E-state index contributed by atoms with van der Waals surface area (Å²) in [6.07, 6.45) is 0.382. The standard InChI is InChI=1S/C16H14BrFO2/c1-20-16-7-6-11(9-14(16)17)8-13(19)10-12-4-2-3-5-15(12)18/h2-7,9H,8,10H2,1H3. The fraction of sp³-hybridized carbons (Fsp3) is 0.188. The Hall–Kier alpha value is -1.68. The molecule has 0 aliphatic heterocycles. The van der Waals surface area contributed by atoms with Crippen molar-refractivity contribution in [3.63, 3.8) is 0 Å². The van der Waals surface area contributed by atoms with Gasteiger partial charge in [-0.15, -0.1) is 0 Å². The van der Waals surface area contributed by atoms with Gasteiger partial charge in [-0.05, 0) is 45.3 Å². The number of carbonyl (C=O) groups is 1. The molecular weight excluding hydrogens is 323 g/mol. The lowest BCUT2D eigenvalue weighted by atomic mass is 10.0. The molecule has 0 bridgehead atoms. The summed E-state index contributed by atoms with van der Waals surface area (Å²) in [5.74, 6) is 0.360. The van der Waals surface area contributed by atoms with Gasteiger partial charge in [0.25, 0.3) is 0 Å². The Morgan fingerprint density at radius 1 is 1.20 bits per heavy atom. The number of carbonyl (C=O) groups excluding carboxylic acids is 1. The van der Waals surface area contributed by atoms with E-state index in [0.29, 0.717) is 5.56 Å². The second kappa shape index (κ2) is 6.66. The first-order valence-electron chi connectivity index (χ1n) is 6.17. The van der Waals surface area contributed by atoms with E-state index in [1.165, 1.54) is 6.07 Å². The molecule has 0 N–H and O–H groups in total. The van der Waals surface area contributed by atoms with Crippen LogP contribution in [0, 0.1) is 5.82 Å². The fourth-order valence-corrected chi connectivity index (χ4v) is 2.55. The Balaban J connectivity index is 2.05. The van der Waals surface area contributed by atoms with Crippen LogP contribution in [0.1, 0.15) is 11.1 Å². The highest BCUT2D eigenvalue weighted by Gasteiger charge is 2.10. The van der Waals surface area contributed by atoms with Crippen LogP contribution >= 0.6 is 15.9 Å². The van der Waals surface area contributed by atoms with Gasteiger partial charge in [0, 0.05) is 12.8 Å². The lowest BCUT2D eigenvalue weighted by Gasteiger charge is -2.06. The van der Waals surface area contributed by atoms with Crippen LogP contribution in [0.4, 0.5) is 4.39 Å². The van der Waals surface area contributed by atoms with Crippen molar-refractivity contribution in [2.75, 3.05) is 7.11 Å². The molecule has 0 heterocycles. The molecule has 0 saturated heterocycles. The highest BCUT2D eigenvalue weighted by molar-refractivity contribution is 9.10. The van der Waals surface area contributed by atoms with Crippen LogP contribution in [0.3, 0.4) is 0 Å². The van der Waals surface area contributed by atoms with E-state index in [0.717, 1.165) is 15.8 Å². The van der Waals surface area contributed by atoms with Crippen molar-refractivity contribution in [2.45, 2.75) is 12.8 Å². The van der Waals surface area contributed by atoms with Crippen LogP contribution in [0.5, 0.6) is 5.75 Å². The predicted molar refractivity (Wildman–Crippen MR) is 79.5 cm³/mol. The van der Waals surface area contributed by atoms with Crippen molar-refractivity contribution in [1.82, 2.24) is 0 Å². The van der Waals surface area contributed by atoms with E-state index >= 15 is 0 Å². The second-order valence-electron chi connectivity index (χ2n) is 4.45. The van der Waals surface area contributed by atoms with Gasteiger partial charge in [-0.25, -0.2) is 4.39 Å². The third kappa shape index (κ3) is 3.67. The monoisotopic (exact) mass is 336 g/mol. The fourth-order valence-electron chi connectivity index (χ4n) is 1.96. The molecule has 0 amide bonds. The Morgan fingerprint density at radius 3 is 2.60 bits per heavy atom. The van der Waals surface area contributed by atoms with Gasteiger partial charge < -0.3 is 4.74 Å². The molecule has 20 heavy (non-hydrogen) atoms. The third-order valence-electron chi connectivity index (χ3n) is 2.96. The predicted octanol–water partition coefficient (Wildman–Crippen LogP) is 3.95. The summed E-state index contributed by atoms with van der Waals surface area (Å²) in [5.41, 5.74) is 1.31. The maximum absolute atomic E-state index is 13.5. The molecule has 4 heteroatoms. The summed E-state index contributed by atoms with van der Waals surface area (Å²) in [6, 6.07) is 11.8.